The molecule has 25 heavy (non-hydrogen) atoms. The normalized spacial score (nSPS) is 14.5. The van der Waals surface area contributed by atoms with Gasteiger partial charge < -0.3 is 25.2 Å². The van der Waals surface area contributed by atoms with Gasteiger partial charge in [0.25, 0.3) is 11.8 Å². The van der Waals surface area contributed by atoms with Crippen LogP contribution in [0.1, 0.15) is 30.1 Å². The lowest BCUT2D eigenvalue weighted by Gasteiger charge is -2.27. The standard InChI is InChI=1S/C16H19ClN2O6/c1-8(16(22)23)19(10-3-4-10)15(21)9-5-11(17)14(12(6-9)24-2)25-7-13(18)20/h5-6,8,10H,3-4,7H2,1-2H3,(H2,18,20)(H,22,23). The molecule has 0 heterocycles. The largest absolute Gasteiger partial charge is 0.493 e. The molecule has 0 aliphatic heterocycles. The number of halogens is 1. The van der Waals surface area contributed by atoms with Gasteiger partial charge in [0, 0.05) is 11.6 Å². The van der Waals surface area contributed by atoms with Crippen LogP contribution in [-0.4, -0.2) is 53.6 Å². The number of carboxylic acid groups (broad SMARTS) is 1. The Kier molecular flexibility index (Phi) is 5.73. The number of nitrogens with two attached hydrogens (primary N) is 1. The zero-order valence-corrected chi connectivity index (χ0v) is 14.6. The summed E-state index contributed by atoms with van der Waals surface area (Å²) in [5, 5.41) is 9.30. The maximum atomic E-state index is 12.8. The van der Waals surface area contributed by atoms with Crippen molar-refractivity contribution < 1.29 is 29.0 Å². The van der Waals surface area contributed by atoms with Crippen molar-refractivity contribution in [1.29, 1.82) is 0 Å². The van der Waals surface area contributed by atoms with E-state index >= 15 is 0 Å². The molecule has 1 saturated carbocycles. The number of amides is 2. The summed E-state index contributed by atoms with van der Waals surface area (Å²) in [6.07, 6.45) is 1.52. The summed E-state index contributed by atoms with van der Waals surface area (Å²) >= 11 is 6.14. The van der Waals surface area contributed by atoms with E-state index < -0.39 is 30.4 Å². The first-order valence-electron chi connectivity index (χ1n) is 7.60. The molecule has 8 nitrogen and oxygen atoms in total. The Morgan fingerprint density at radius 3 is 2.52 bits per heavy atom. The van der Waals surface area contributed by atoms with Crippen LogP contribution < -0.4 is 15.2 Å². The molecule has 1 aromatic rings. The van der Waals surface area contributed by atoms with Gasteiger partial charge in [0.1, 0.15) is 6.04 Å². The van der Waals surface area contributed by atoms with E-state index in [2.05, 4.69) is 0 Å². The molecule has 1 aromatic carbocycles. The third kappa shape index (κ3) is 4.33. The third-order valence-electron chi connectivity index (χ3n) is 3.78. The van der Waals surface area contributed by atoms with Gasteiger partial charge in [-0.2, -0.15) is 0 Å². The molecule has 1 aliphatic rings. The summed E-state index contributed by atoms with van der Waals surface area (Å²) in [5.74, 6) is -1.99. The molecule has 1 unspecified atom stereocenters. The number of hydrogen-bond acceptors (Lipinski definition) is 5. The summed E-state index contributed by atoms with van der Waals surface area (Å²) in [7, 11) is 1.36. The van der Waals surface area contributed by atoms with Crippen LogP contribution in [0.4, 0.5) is 0 Å². The molecule has 9 heteroatoms. The van der Waals surface area contributed by atoms with Gasteiger partial charge in [0.05, 0.1) is 12.1 Å². The van der Waals surface area contributed by atoms with Crippen molar-refractivity contribution in [3.8, 4) is 11.5 Å². The Morgan fingerprint density at radius 1 is 1.40 bits per heavy atom. The first-order valence-corrected chi connectivity index (χ1v) is 7.98. The first-order chi connectivity index (χ1) is 11.8. The number of primary amides is 1. The van der Waals surface area contributed by atoms with Crippen LogP contribution in [0, 0.1) is 0 Å². The zero-order chi connectivity index (χ0) is 18.7. The highest BCUT2D eigenvalue weighted by molar-refractivity contribution is 6.32. The van der Waals surface area contributed by atoms with Crippen molar-refractivity contribution in [2.45, 2.75) is 31.8 Å². The first kappa shape index (κ1) is 18.9. The van der Waals surface area contributed by atoms with E-state index in [0.717, 1.165) is 12.8 Å². The minimum atomic E-state index is -1.08. The number of nitrogens with zero attached hydrogens (tertiary/aromatic N) is 1. The predicted octanol–water partition coefficient (Wildman–Crippen LogP) is 1.29. The molecular formula is C16H19ClN2O6. The van der Waals surface area contributed by atoms with E-state index in [1.807, 2.05) is 0 Å². The zero-order valence-electron chi connectivity index (χ0n) is 13.8. The van der Waals surface area contributed by atoms with Gasteiger partial charge in [-0.3, -0.25) is 9.59 Å². The van der Waals surface area contributed by atoms with E-state index in [1.165, 1.54) is 31.1 Å². The van der Waals surface area contributed by atoms with Gasteiger partial charge in [-0.15, -0.1) is 0 Å². The molecule has 0 radical (unpaired) electrons. The fourth-order valence-corrected chi connectivity index (χ4v) is 2.67. The minimum Gasteiger partial charge on any atom is -0.493 e. The Morgan fingerprint density at radius 2 is 2.04 bits per heavy atom. The average molecular weight is 371 g/mol. The van der Waals surface area contributed by atoms with E-state index in [-0.39, 0.29) is 28.1 Å². The summed E-state index contributed by atoms with van der Waals surface area (Å²) in [6, 6.07) is 1.69. The van der Waals surface area contributed by atoms with Crippen molar-refractivity contribution in [2.75, 3.05) is 13.7 Å². The number of carbonyl (C=O) groups is 3. The highest BCUT2D eigenvalue weighted by Gasteiger charge is 2.39. The molecule has 136 valence electrons. The average Bonchev–Trinajstić information content (AvgIpc) is 3.37. The van der Waals surface area contributed by atoms with Crippen LogP contribution >= 0.6 is 11.6 Å². The van der Waals surface area contributed by atoms with Crippen LogP contribution in [0.25, 0.3) is 0 Å². The number of hydrogen-bond donors (Lipinski definition) is 2. The predicted molar refractivity (Wildman–Crippen MR) is 89.0 cm³/mol. The number of benzene rings is 1. The highest BCUT2D eigenvalue weighted by Crippen LogP contribution is 2.38. The van der Waals surface area contributed by atoms with Crippen molar-refractivity contribution in [2.24, 2.45) is 5.73 Å². The van der Waals surface area contributed by atoms with Crippen molar-refractivity contribution in [3.63, 3.8) is 0 Å². The number of carbonyl (C=O) groups excluding carboxylic acids is 2. The quantitative estimate of drug-likeness (QED) is 0.711. The molecule has 0 aromatic heterocycles. The number of aliphatic carboxylic acids is 1. The van der Waals surface area contributed by atoms with E-state index in [0.29, 0.717) is 0 Å². The molecule has 2 amide bonds. The van der Waals surface area contributed by atoms with Crippen LogP contribution in [-0.2, 0) is 9.59 Å². The minimum absolute atomic E-state index is 0.0580. The topological polar surface area (TPSA) is 119 Å². The van der Waals surface area contributed by atoms with Crippen molar-refractivity contribution >= 4 is 29.4 Å². The van der Waals surface area contributed by atoms with Crippen LogP contribution in [0.5, 0.6) is 11.5 Å². The van der Waals surface area contributed by atoms with E-state index in [1.54, 1.807) is 0 Å². The van der Waals surface area contributed by atoms with Gasteiger partial charge in [0.15, 0.2) is 18.1 Å². The van der Waals surface area contributed by atoms with E-state index in [4.69, 9.17) is 26.8 Å². The molecule has 0 spiro atoms. The molecule has 2 rings (SSSR count). The number of methoxy groups -OCH3 is 1. The van der Waals surface area contributed by atoms with Gasteiger partial charge >= 0.3 is 5.97 Å². The molecule has 3 N–H and O–H groups in total. The Balaban J connectivity index is 2.34. The molecular weight excluding hydrogens is 352 g/mol. The summed E-state index contributed by atoms with van der Waals surface area (Å²) in [6.45, 7) is 1.06. The number of rotatable bonds is 8. The van der Waals surface area contributed by atoms with Gasteiger partial charge in [-0.25, -0.2) is 4.79 Å². The lowest BCUT2D eigenvalue weighted by Crippen LogP contribution is -2.44. The lowest BCUT2D eigenvalue weighted by molar-refractivity contribution is -0.141. The second-order valence-electron chi connectivity index (χ2n) is 5.70. The fourth-order valence-electron chi connectivity index (χ4n) is 2.41. The summed E-state index contributed by atoms with van der Waals surface area (Å²) in [5.41, 5.74) is 5.21. The number of ether oxygens (including phenoxy) is 2. The monoisotopic (exact) mass is 370 g/mol. The van der Waals surface area contributed by atoms with Gasteiger partial charge in [-0.05, 0) is 31.9 Å². The second kappa shape index (κ2) is 7.60. The van der Waals surface area contributed by atoms with Crippen molar-refractivity contribution in [3.05, 3.63) is 22.7 Å². The molecule has 0 saturated heterocycles. The molecule has 1 atom stereocenters. The Hall–Kier alpha value is -2.48. The fraction of sp³-hybridized carbons (Fsp3) is 0.438. The maximum Gasteiger partial charge on any atom is 0.326 e. The second-order valence-corrected chi connectivity index (χ2v) is 6.11. The van der Waals surface area contributed by atoms with Gasteiger partial charge in [0.2, 0.25) is 0 Å². The van der Waals surface area contributed by atoms with Crippen LogP contribution in [0.2, 0.25) is 5.02 Å². The SMILES string of the molecule is COc1cc(C(=O)N(C2CC2)C(C)C(=O)O)cc(Cl)c1OCC(N)=O. The van der Waals surface area contributed by atoms with Crippen molar-refractivity contribution in [1.82, 2.24) is 4.90 Å². The smallest absolute Gasteiger partial charge is 0.326 e. The summed E-state index contributed by atoms with van der Waals surface area (Å²) in [4.78, 5) is 36.3. The third-order valence-corrected chi connectivity index (χ3v) is 4.07. The maximum absolute atomic E-state index is 12.8. The molecule has 1 fully saturated rings. The van der Waals surface area contributed by atoms with Crippen LogP contribution in [0.15, 0.2) is 12.1 Å². The lowest BCUT2D eigenvalue weighted by atomic mass is 10.1. The van der Waals surface area contributed by atoms with Gasteiger partial charge in [-0.1, -0.05) is 11.6 Å². The van der Waals surface area contributed by atoms with Crippen LogP contribution in [0.3, 0.4) is 0 Å². The van der Waals surface area contributed by atoms with E-state index in [9.17, 15) is 19.5 Å². The molecule has 0 bridgehead atoms. The number of carboxylic acids is 1. The highest BCUT2D eigenvalue weighted by atomic mass is 35.5. The Labute approximate surface area is 149 Å². The Bertz CT molecular complexity index is 704. The summed E-state index contributed by atoms with van der Waals surface area (Å²) < 4.78 is 10.4. The molecule has 1 aliphatic carbocycles.